The van der Waals surface area contributed by atoms with Gasteiger partial charge in [-0.3, -0.25) is 14.9 Å². The van der Waals surface area contributed by atoms with E-state index in [1.54, 1.807) is 6.92 Å². The molecule has 0 saturated carbocycles. The van der Waals surface area contributed by atoms with Crippen LogP contribution < -0.4 is 5.32 Å². The number of hydrogen-bond acceptors (Lipinski definition) is 7. The van der Waals surface area contributed by atoms with E-state index in [1.807, 2.05) is 0 Å². The van der Waals surface area contributed by atoms with Gasteiger partial charge in [0.1, 0.15) is 4.90 Å². The minimum Gasteiger partial charge on any atom is -0.452 e. The first-order valence-corrected chi connectivity index (χ1v) is 11.4. The summed E-state index contributed by atoms with van der Waals surface area (Å²) in [4.78, 5) is 34.7. The van der Waals surface area contributed by atoms with Crippen molar-refractivity contribution in [3.05, 3.63) is 62.7 Å². The zero-order valence-corrected chi connectivity index (χ0v) is 18.6. The number of ether oxygens (including phenoxy) is 1. The molecule has 1 saturated heterocycles. The van der Waals surface area contributed by atoms with E-state index in [4.69, 9.17) is 16.3 Å². The molecule has 1 fully saturated rings. The van der Waals surface area contributed by atoms with Crippen LogP contribution in [0.5, 0.6) is 0 Å². The molecule has 0 unspecified atom stereocenters. The van der Waals surface area contributed by atoms with Gasteiger partial charge in [0.15, 0.2) is 6.61 Å². The molecule has 0 radical (unpaired) electrons. The topological polar surface area (TPSA) is 136 Å². The van der Waals surface area contributed by atoms with Crippen LogP contribution in [0.15, 0.2) is 41.3 Å². The number of amides is 1. The van der Waals surface area contributed by atoms with E-state index >= 15 is 0 Å². The maximum Gasteiger partial charge on any atom is 0.338 e. The second kappa shape index (κ2) is 9.63. The molecule has 1 aliphatic rings. The molecule has 2 aromatic carbocycles. The van der Waals surface area contributed by atoms with Crippen molar-refractivity contribution in [2.75, 3.05) is 25.0 Å². The summed E-state index contributed by atoms with van der Waals surface area (Å²) in [5.41, 5.74) is 0.370. The Morgan fingerprint density at radius 3 is 2.53 bits per heavy atom. The second-order valence-electron chi connectivity index (χ2n) is 7.14. The van der Waals surface area contributed by atoms with Crippen LogP contribution in [0.25, 0.3) is 0 Å². The highest BCUT2D eigenvalue weighted by Crippen LogP contribution is 2.28. The fourth-order valence-corrected chi connectivity index (χ4v) is 5.21. The number of carbonyl (C=O) groups excluding carboxylic acids is 2. The van der Waals surface area contributed by atoms with Crippen molar-refractivity contribution >= 4 is 44.9 Å². The maximum absolute atomic E-state index is 12.8. The van der Waals surface area contributed by atoms with Crippen LogP contribution in [-0.4, -0.2) is 49.2 Å². The Hall–Kier alpha value is -3.02. The molecule has 1 aliphatic heterocycles. The quantitative estimate of drug-likeness (QED) is 0.364. The number of nitro groups is 1. The number of carbonyl (C=O) groups is 2. The largest absolute Gasteiger partial charge is 0.452 e. The highest BCUT2D eigenvalue weighted by atomic mass is 35.5. The number of nitro benzene ring substituents is 1. The Kier molecular flexibility index (Phi) is 7.12. The van der Waals surface area contributed by atoms with Crippen LogP contribution in [0.4, 0.5) is 11.4 Å². The summed E-state index contributed by atoms with van der Waals surface area (Å²) in [6.45, 7) is 1.66. The van der Waals surface area contributed by atoms with Gasteiger partial charge >= 0.3 is 5.97 Å². The Balaban J connectivity index is 1.67. The molecule has 0 aromatic heterocycles. The Labute approximate surface area is 189 Å². The summed E-state index contributed by atoms with van der Waals surface area (Å²) < 4.78 is 31.8. The first kappa shape index (κ1) is 23.6. The summed E-state index contributed by atoms with van der Waals surface area (Å²) in [6, 6.07) is 7.87. The molecule has 1 amide bonds. The van der Waals surface area contributed by atoms with E-state index in [-0.39, 0.29) is 26.9 Å². The number of nitrogens with one attached hydrogen (secondary N) is 1. The molecule has 0 spiro atoms. The molecule has 2 aromatic rings. The van der Waals surface area contributed by atoms with Crippen molar-refractivity contribution in [3.63, 3.8) is 0 Å². The molecule has 0 bridgehead atoms. The van der Waals surface area contributed by atoms with Crippen LogP contribution in [-0.2, 0) is 19.6 Å². The van der Waals surface area contributed by atoms with Crippen LogP contribution >= 0.6 is 11.6 Å². The summed E-state index contributed by atoms with van der Waals surface area (Å²) in [5.74, 6) is -1.63. The van der Waals surface area contributed by atoms with E-state index in [1.165, 1.54) is 34.6 Å². The number of nitrogens with zero attached hydrogens (tertiary/aromatic N) is 2. The summed E-state index contributed by atoms with van der Waals surface area (Å²) in [7, 11) is -3.85. The van der Waals surface area contributed by atoms with Crippen molar-refractivity contribution in [1.29, 1.82) is 0 Å². The molecule has 0 aliphatic carbocycles. The molecule has 1 heterocycles. The van der Waals surface area contributed by atoms with E-state index in [0.29, 0.717) is 18.7 Å². The monoisotopic (exact) mass is 481 g/mol. The summed E-state index contributed by atoms with van der Waals surface area (Å²) in [6.07, 6.45) is 1.50. The fourth-order valence-electron chi connectivity index (χ4n) is 3.19. The number of anilines is 1. The molecule has 12 heteroatoms. The number of aryl methyl sites for hydroxylation is 1. The molecule has 1 N–H and O–H groups in total. The van der Waals surface area contributed by atoms with Crippen molar-refractivity contribution in [1.82, 2.24) is 4.31 Å². The van der Waals surface area contributed by atoms with Crippen LogP contribution in [0.2, 0.25) is 5.02 Å². The molecule has 32 heavy (non-hydrogen) atoms. The average molecular weight is 482 g/mol. The van der Waals surface area contributed by atoms with Gasteiger partial charge in [0.05, 0.1) is 15.5 Å². The molecular weight excluding hydrogens is 462 g/mol. The van der Waals surface area contributed by atoms with Crippen LogP contribution in [0.1, 0.15) is 28.8 Å². The molecule has 10 nitrogen and oxygen atoms in total. The second-order valence-corrected chi connectivity index (χ2v) is 9.45. The van der Waals surface area contributed by atoms with Gasteiger partial charge in [-0.2, -0.15) is 4.31 Å². The van der Waals surface area contributed by atoms with Gasteiger partial charge in [-0.15, -0.1) is 0 Å². The lowest BCUT2D eigenvalue weighted by atomic mass is 10.2. The standard InChI is InChI=1S/C20H20ClN3O7S/c1-13-4-6-15(11-17(13)24(27)28)22-19(25)12-31-20(26)14-5-7-16(21)18(10-14)32(29,30)23-8-2-3-9-23/h4-7,10-11H,2-3,8-9,12H2,1H3,(H,22,25). The fraction of sp³-hybridized carbons (Fsp3) is 0.300. The zero-order valence-electron chi connectivity index (χ0n) is 17.0. The molecule has 0 atom stereocenters. The normalized spacial score (nSPS) is 14.2. The number of hydrogen-bond donors (Lipinski definition) is 1. The van der Waals surface area contributed by atoms with Gasteiger partial charge in [-0.05, 0) is 44.0 Å². The van der Waals surface area contributed by atoms with Gasteiger partial charge < -0.3 is 10.1 Å². The van der Waals surface area contributed by atoms with Gasteiger partial charge in [-0.1, -0.05) is 17.7 Å². The predicted molar refractivity (Wildman–Crippen MR) is 116 cm³/mol. The highest BCUT2D eigenvalue weighted by Gasteiger charge is 2.30. The van der Waals surface area contributed by atoms with E-state index in [2.05, 4.69) is 5.32 Å². The van der Waals surface area contributed by atoms with E-state index in [0.717, 1.165) is 18.9 Å². The molecule has 3 rings (SSSR count). The summed E-state index contributed by atoms with van der Waals surface area (Å²) in [5, 5.41) is 13.4. The SMILES string of the molecule is Cc1ccc(NC(=O)COC(=O)c2ccc(Cl)c(S(=O)(=O)N3CCCC3)c2)cc1[N+](=O)[O-]. The first-order valence-electron chi connectivity index (χ1n) is 9.61. The number of halogens is 1. The Morgan fingerprint density at radius 2 is 1.88 bits per heavy atom. The Bertz CT molecular complexity index is 1180. The molecular formula is C20H20ClN3O7S. The smallest absolute Gasteiger partial charge is 0.338 e. The van der Waals surface area contributed by atoms with Crippen LogP contribution in [0, 0.1) is 17.0 Å². The molecule has 170 valence electrons. The number of sulfonamides is 1. The van der Waals surface area contributed by atoms with E-state index in [9.17, 15) is 28.1 Å². The lowest BCUT2D eigenvalue weighted by Crippen LogP contribution is -2.28. The lowest BCUT2D eigenvalue weighted by Gasteiger charge is -2.17. The van der Waals surface area contributed by atoms with E-state index < -0.39 is 33.4 Å². The third-order valence-electron chi connectivity index (χ3n) is 4.87. The van der Waals surface area contributed by atoms with Gasteiger partial charge in [0, 0.05) is 30.4 Å². The highest BCUT2D eigenvalue weighted by molar-refractivity contribution is 7.89. The first-order chi connectivity index (χ1) is 15.1. The van der Waals surface area contributed by atoms with Crippen molar-refractivity contribution < 1.29 is 27.7 Å². The van der Waals surface area contributed by atoms with Crippen molar-refractivity contribution in [3.8, 4) is 0 Å². The third-order valence-corrected chi connectivity index (χ3v) is 7.25. The zero-order chi connectivity index (χ0) is 23.5. The number of benzene rings is 2. The van der Waals surface area contributed by atoms with Gasteiger partial charge in [0.25, 0.3) is 11.6 Å². The van der Waals surface area contributed by atoms with Crippen LogP contribution in [0.3, 0.4) is 0 Å². The number of rotatable bonds is 7. The van der Waals surface area contributed by atoms with Gasteiger partial charge in [-0.25, -0.2) is 13.2 Å². The predicted octanol–water partition coefficient (Wildman–Crippen LogP) is 3.14. The number of esters is 1. The minimum absolute atomic E-state index is 0.0211. The Morgan fingerprint density at radius 1 is 1.19 bits per heavy atom. The average Bonchev–Trinajstić information content (AvgIpc) is 3.29. The lowest BCUT2D eigenvalue weighted by molar-refractivity contribution is -0.385. The third kappa shape index (κ3) is 5.23. The van der Waals surface area contributed by atoms with Crippen molar-refractivity contribution in [2.24, 2.45) is 0 Å². The summed E-state index contributed by atoms with van der Waals surface area (Å²) >= 11 is 6.06. The van der Waals surface area contributed by atoms with Gasteiger partial charge in [0.2, 0.25) is 10.0 Å². The van der Waals surface area contributed by atoms with Crippen molar-refractivity contribution in [2.45, 2.75) is 24.7 Å². The minimum atomic E-state index is -3.85. The maximum atomic E-state index is 12.8.